The van der Waals surface area contributed by atoms with Crippen LogP contribution in [0.5, 0.6) is 0 Å². The summed E-state index contributed by atoms with van der Waals surface area (Å²) in [5, 5.41) is 0. The SMILES string of the molecule is CCCN(CCC)C(=O)CCN(Cc1cccnc1)S(C)(=O)=O. The van der Waals surface area contributed by atoms with Gasteiger partial charge in [0.2, 0.25) is 15.9 Å². The number of sulfonamides is 1. The highest BCUT2D eigenvalue weighted by atomic mass is 32.2. The molecule has 1 rings (SSSR count). The van der Waals surface area contributed by atoms with E-state index in [1.165, 1.54) is 10.6 Å². The second-order valence-electron chi connectivity index (χ2n) is 5.59. The minimum Gasteiger partial charge on any atom is -0.343 e. The number of carbonyl (C=O) groups is 1. The summed E-state index contributed by atoms with van der Waals surface area (Å²) in [5.74, 6) is 0.00790. The van der Waals surface area contributed by atoms with Crippen LogP contribution in [0.25, 0.3) is 0 Å². The van der Waals surface area contributed by atoms with E-state index in [-0.39, 0.29) is 25.4 Å². The van der Waals surface area contributed by atoms with Crippen molar-refractivity contribution < 1.29 is 13.2 Å². The predicted molar refractivity (Wildman–Crippen MR) is 91.3 cm³/mol. The molecule has 1 aromatic heterocycles. The van der Waals surface area contributed by atoms with Crippen molar-refractivity contribution in [1.29, 1.82) is 0 Å². The summed E-state index contributed by atoms with van der Waals surface area (Å²) in [6, 6.07) is 3.60. The molecule has 0 spiro atoms. The molecule has 0 aromatic carbocycles. The first-order valence-electron chi connectivity index (χ1n) is 8.00. The number of amides is 1. The summed E-state index contributed by atoms with van der Waals surface area (Å²) < 4.78 is 25.2. The monoisotopic (exact) mass is 341 g/mol. The maximum atomic E-state index is 12.3. The minimum atomic E-state index is -3.37. The summed E-state index contributed by atoms with van der Waals surface area (Å²) in [7, 11) is -3.37. The maximum absolute atomic E-state index is 12.3. The zero-order valence-corrected chi connectivity index (χ0v) is 15.1. The number of aromatic nitrogens is 1. The molecular weight excluding hydrogens is 314 g/mol. The van der Waals surface area contributed by atoms with E-state index in [1.807, 2.05) is 24.8 Å². The molecule has 0 bridgehead atoms. The number of nitrogens with zero attached hydrogens (tertiary/aromatic N) is 3. The molecule has 1 heterocycles. The molecular formula is C16H27N3O3S. The Morgan fingerprint density at radius 2 is 1.83 bits per heavy atom. The van der Waals surface area contributed by atoms with Gasteiger partial charge in [0.05, 0.1) is 6.26 Å². The fourth-order valence-corrected chi connectivity index (χ4v) is 3.14. The summed E-state index contributed by atoms with van der Waals surface area (Å²) in [6.07, 6.45) is 6.46. The van der Waals surface area contributed by atoms with Gasteiger partial charge < -0.3 is 4.90 Å². The van der Waals surface area contributed by atoms with Gasteiger partial charge in [-0.3, -0.25) is 9.78 Å². The smallest absolute Gasteiger partial charge is 0.223 e. The van der Waals surface area contributed by atoms with E-state index in [9.17, 15) is 13.2 Å². The van der Waals surface area contributed by atoms with Gasteiger partial charge in [0, 0.05) is 45.0 Å². The van der Waals surface area contributed by atoms with Crippen LogP contribution in [0.1, 0.15) is 38.7 Å². The Labute approximate surface area is 139 Å². The highest BCUT2D eigenvalue weighted by molar-refractivity contribution is 7.88. The summed E-state index contributed by atoms with van der Waals surface area (Å²) in [5.41, 5.74) is 0.810. The average Bonchev–Trinajstić information content (AvgIpc) is 2.50. The van der Waals surface area contributed by atoms with E-state index in [1.54, 1.807) is 18.5 Å². The van der Waals surface area contributed by atoms with Crippen molar-refractivity contribution in [3.63, 3.8) is 0 Å². The van der Waals surface area contributed by atoms with Crippen LogP contribution in [0.4, 0.5) is 0 Å². The lowest BCUT2D eigenvalue weighted by Gasteiger charge is -2.24. The summed E-state index contributed by atoms with van der Waals surface area (Å²) in [4.78, 5) is 18.1. The van der Waals surface area contributed by atoms with Crippen molar-refractivity contribution >= 4 is 15.9 Å². The molecule has 130 valence electrons. The molecule has 6 nitrogen and oxygen atoms in total. The highest BCUT2D eigenvalue weighted by Crippen LogP contribution is 2.09. The van der Waals surface area contributed by atoms with Crippen LogP contribution in [0.15, 0.2) is 24.5 Å². The van der Waals surface area contributed by atoms with Crippen LogP contribution in [0, 0.1) is 0 Å². The van der Waals surface area contributed by atoms with E-state index < -0.39 is 10.0 Å². The molecule has 1 amide bonds. The van der Waals surface area contributed by atoms with Crippen molar-refractivity contribution in [2.45, 2.75) is 39.7 Å². The van der Waals surface area contributed by atoms with E-state index >= 15 is 0 Å². The average molecular weight is 341 g/mol. The Morgan fingerprint density at radius 1 is 1.17 bits per heavy atom. The molecule has 1 aromatic rings. The molecule has 0 aliphatic carbocycles. The third-order valence-corrected chi connectivity index (χ3v) is 4.72. The first-order chi connectivity index (χ1) is 10.9. The Kier molecular flexibility index (Phi) is 8.19. The molecule has 0 N–H and O–H groups in total. The fourth-order valence-electron chi connectivity index (χ4n) is 2.34. The first-order valence-corrected chi connectivity index (χ1v) is 9.85. The van der Waals surface area contributed by atoms with Crippen molar-refractivity contribution in [3.05, 3.63) is 30.1 Å². The van der Waals surface area contributed by atoms with E-state index in [0.29, 0.717) is 13.1 Å². The van der Waals surface area contributed by atoms with Crippen LogP contribution >= 0.6 is 0 Å². The lowest BCUT2D eigenvalue weighted by Crippen LogP contribution is -2.37. The number of pyridine rings is 1. The molecule has 0 saturated carbocycles. The molecule has 0 radical (unpaired) electrons. The van der Waals surface area contributed by atoms with Gasteiger partial charge in [-0.1, -0.05) is 19.9 Å². The van der Waals surface area contributed by atoms with E-state index in [0.717, 1.165) is 18.4 Å². The Hall–Kier alpha value is -1.47. The normalized spacial score (nSPS) is 11.7. The van der Waals surface area contributed by atoms with E-state index in [2.05, 4.69) is 4.98 Å². The fraction of sp³-hybridized carbons (Fsp3) is 0.625. The molecule has 0 atom stereocenters. The molecule has 7 heteroatoms. The number of carbonyl (C=O) groups excluding carboxylic acids is 1. The second kappa shape index (κ2) is 9.62. The van der Waals surface area contributed by atoms with Gasteiger partial charge >= 0.3 is 0 Å². The number of hydrogen-bond donors (Lipinski definition) is 0. The topological polar surface area (TPSA) is 70.6 Å². The molecule has 0 unspecified atom stereocenters. The second-order valence-corrected chi connectivity index (χ2v) is 7.57. The minimum absolute atomic E-state index is 0.00790. The zero-order chi connectivity index (χ0) is 17.3. The van der Waals surface area contributed by atoms with Gasteiger partial charge in [-0.2, -0.15) is 4.31 Å². The summed E-state index contributed by atoms with van der Waals surface area (Å²) >= 11 is 0. The Balaban J connectivity index is 2.69. The molecule has 0 fully saturated rings. The Bertz CT molecular complexity index is 569. The van der Waals surface area contributed by atoms with Gasteiger partial charge in [-0.25, -0.2) is 8.42 Å². The third kappa shape index (κ3) is 7.09. The molecule has 23 heavy (non-hydrogen) atoms. The van der Waals surface area contributed by atoms with Gasteiger partial charge in [0.25, 0.3) is 0 Å². The van der Waals surface area contributed by atoms with Crippen molar-refractivity contribution in [1.82, 2.24) is 14.2 Å². The van der Waals surface area contributed by atoms with Crippen molar-refractivity contribution in [3.8, 4) is 0 Å². The molecule has 0 aliphatic rings. The van der Waals surface area contributed by atoms with Gasteiger partial charge in [-0.15, -0.1) is 0 Å². The summed E-state index contributed by atoms with van der Waals surface area (Å²) in [6.45, 7) is 5.92. The van der Waals surface area contributed by atoms with Gasteiger partial charge in [-0.05, 0) is 24.5 Å². The Morgan fingerprint density at radius 3 is 2.30 bits per heavy atom. The standard InChI is InChI=1S/C16H27N3O3S/c1-4-10-18(11-5-2)16(20)8-12-19(23(3,21)22)14-15-7-6-9-17-13-15/h6-7,9,13H,4-5,8,10-12,14H2,1-3H3. The van der Waals surface area contributed by atoms with Crippen molar-refractivity contribution in [2.24, 2.45) is 0 Å². The third-order valence-electron chi connectivity index (χ3n) is 3.47. The van der Waals surface area contributed by atoms with Gasteiger partial charge in [0.15, 0.2) is 0 Å². The maximum Gasteiger partial charge on any atom is 0.223 e. The highest BCUT2D eigenvalue weighted by Gasteiger charge is 2.20. The lowest BCUT2D eigenvalue weighted by molar-refractivity contribution is -0.131. The van der Waals surface area contributed by atoms with Crippen LogP contribution in [0.3, 0.4) is 0 Å². The van der Waals surface area contributed by atoms with Crippen LogP contribution in [-0.2, 0) is 21.4 Å². The number of rotatable bonds is 10. The quantitative estimate of drug-likeness (QED) is 0.651. The van der Waals surface area contributed by atoms with Gasteiger partial charge in [0.1, 0.15) is 0 Å². The van der Waals surface area contributed by atoms with Crippen molar-refractivity contribution in [2.75, 3.05) is 25.9 Å². The molecule has 0 saturated heterocycles. The largest absolute Gasteiger partial charge is 0.343 e. The number of hydrogen-bond acceptors (Lipinski definition) is 4. The van der Waals surface area contributed by atoms with Crippen LogP contribution < -0.4 is 0 Å². The van der Waals surface area contributed by atoms with E-state index in [4.69, 9.17) is 0 Å². The van der Waals surface area contributed by atoms with Crippen LogP contribution in [0.2, 0.25) is 0 Å². The van der Waals surface area contributed by atoms with Crippen LogP contribution in [-0.4, -0.2) is 54.4 Å². The first kappa shape index (κ1) is 19.6. The predicted octanol–water partition coefficient (Wildman–Crippen LogP) is 1.88. The molecule has 0 aliphatic heterocycles. The zero-order valence-electron chi connectivity index (χ0n) is 14.2. The lowest BCUT2D eigenvalue weighted by atomic mass is 10.2.